The molecule has 0 amide bonds. The van der Waals surface area contributed by atoms with E-state index in [4.69, 9.17) is 0 Å². The topological polar surface area (TPSA) is 54.4 Å². The summed E-state index contributed by atoms with van der Waals surface area (Å²) in [5.74, 6) is -3.31. The zero-order chi connectivity index (χ0) is 17.2. The molecule has 3 nitrogen and oxygen atoms in total. The molecule has 2 unspecified atom stereocenters. The van der Waals surface area contributed by atoms with Crippen LogP contribution in [-0.4, -0.2) is 19.3 Å². The molecule has 2 atom stereocenters. The molecule has 124 valence electrons. The Morgan fingerprint density at radius 2 is 1.52 bits per heavy atom. The smallest absolute Gasteiger partial charge is 0.159 e. The molecule has 1 N–H and O–H groups in total. The van der Waals surface area contributed by atoms with E-state index >= 15 is 0 Å². The molecule has 0 radical (unpaired) electrons. The Morgan fingerprint density at radius 1 is 0.957 bits per heavy atom. The third kappa shape index (κ3) is 4.11. The summed E-state index contributed by atoms with van der Waals surface area (Å²) in [6, 6.07) is 7.67. The van der Waals surface area contributed by atoms with Gasteiger partial charge in [0, 0.05) is 0 Å². The van der Waals surface area contributed by atoms with Crippen LogP contribution in [0.2, 0.25) is 0 Å². The maximum atomic E-state index is 13.2. The second-order valence-corrected chi connectivity index (χ2v) is 7.58. The van der Waals surface area contributed by atoms with E-state index in [9.17, 15) is 26.7 Å². The minimum Gasteiger partial charge on any atom is -0.387 e. The number of sulfone groups is 1. The van der Waals surface area contributed by atoms with Crippen LogP contribution in [-0.2, 0) is 9.84 Å². The highest BCUT2D eigenvalue weighted by Gasteiger charge is 2.27. The Kier molecular flexibility index (Phi) is 5.11. The summed E-state index contributed by atoms with van der Waals surface area (Å²) < 4.78 is 63.7. The minimum atomic E-state index is -3.83. The molecule has 0 spiro atoms. The molecule has 2 aromatic rings. The van der Waals surface area contributed by atoms with Gasteiger partial charge in [-0.15, -0.1) is 0 Å². The van der Waals surface area contributed by atoms with Crippen molar-refractivity contribution in [3.63, 3.8) is 0 Å². The van der Waals surface area contributed by atoms with E-state index in [0.717, 1.165) is 24.3 Å². The summed E-state index contributed by atoms with van der Waals surface area (Å²) in [5.41, 5.74) is 0.350. The van der Waals surface area contributed by atoms with Crippen LogP contribution >= 0.6 is 0 Å². The number of hydrogen-bond acceptors (Lipinski definition) is 3. The number of halogens is 3. The number of aliphatic hydroxyl groups is 1. The molecule has 0 heterocycles. The summed E-state index contributed by atoms with van der Waals surface area (Å²) in [4.78, 5) is 0. The van der Waals surface area contributed by atoms with Crippen molar-refractivity contribution < 1.29 is 26.7 Å². The Hall–Kier alpha value is -1.86. The predicted molar refractivity (Wildman–Crippen MR) is 79.9 cm³/mol. The molecular weight excluding hydrogens is 329 g/mol. The molecule has 23 heavy (non-hydrogen) atoms. The van der Waals surface area contributed by atoms with Crippen LogP contribution in [0, 0.1) is 17.5 Å². The van der Waals surface area contributed by atoms with Crippen molar-refractivity contribution in [2.75, 3.05) is 5.75 Å². The maximum Gasteiger partial charge on any atom is 0.159 e. The largest absolute Gasteiger partial charge is 0.387 e. The lowest BCUT2D eigenvalue weighted by molar-refractivity contribution is 0.201. The fraction of sp³-hybridized carbons (Fsp3) is 0.250. The second-order valence-electron chi connectivity index (χ2n) is 5.21. The lowest BCUT2D eigenvalue weighted by atomic mass is 10.1. The standard InChI is InChI=1S/C16H15F3O3S/c1-10(12-4-7-14(18)15(19)8-12)23(21,22)9-16(20)11-2-5-13(17)6-3-11/h2-8,10,16,20H,9H2,1H3. The lowest BCUT2D eigenvalue weighted by Crippen LogP contribution is -2.20. The summed E-state index contributed by atoms with van der Waals surface area (Å²) in [7, 11) is -3.83. The van der Waals surface area contributed by atoms with E-state index in [0.29, 0.717) is 0 Å². The van der Waals surface area contributed by atoms with Gasteiger partial charge in [0.1, 0.15) is 5.82 Å². The number of benzene rings is 2. The van der Waals surface area contributed by atoms with E-state index in [1.165, 1.54) is 25.1 Å². The van der Waals surface area contributed by atoms with Gasteiger partial charge in [-0.2, -0.15) is 0 Å². The Balaban J connectivity index is 2.20. The average Bonchev–Trinajstić information content (AvgIpc) is 2.49. The monoisotopic (exact) mass is 344 g/mol. The molecule has 0 aliphatic carbocycles. The number of hydrogen-bond donors (Lipinski definition) is 1. The zero-order valence-electron chi connectivity index (χ0n) is 12.2. The summed E-state index contributed by atoms with van der Waals surface area (Å²) in [5, 5.41) is 8.89. The molecule has 2 aromatic carbocycles. The first-order valence-electron chi connectivity index (χ1n) is 6.81. The van der Waals surface area contributed by atoms with Gasteiger partial charge in [-0.25, -0.2) is 21.6 Å². The first kappa shape index (κ1) is 17.5. The van der Waals surface area contributed by atoms with Gasteiger partial charge < -0.3 is 5.11 Å². The van der Waals surface area contributed by atoms with Gasteiger partial charge >= 0.3 is 0 Å². The Labute approximate surface area is 132 Å². The molecule has 2 rings (SSSR count). The summed E-state index contributed by atoms with van der Waals surface area (Å²) in [6.45, 7) is 1.33. The third-order valence-corrected chi connectivity index (χ3v) is 5.73. The van der Waals surface area contributed by atoms with Crippen molar-refractivity contribution >= 4 is 9.84 Å². The quantitative estimate of drug-likeness (QED) is 0.905. The van der Waals surface area contributed by atoms with Crippen molar-refractivity contribution in [3.05, 3.63) is 71.0 Å². The van der Waals surface area contributed by atoms with Gasteiger partial charge in [-0.3, -0.25) is 0 Å². The van der Waals surface area contributed by atoms with Gasteiger partial charge in [0.25, 0.3) is 0 Å². The fourth-order valence-corrected chi connectivity index (χ4v) is 3.60. The lowest BCUT2D eigenvalue weighted by Gasteiger charge is -2.17. The molecule has 0 fully saturated rings. The number of rotatable bonds is 5. The van der Waals surface area contributed by atoms with Crippen LogP contribution in [0.15, 0.2) is 42.5 Å². The molecule has 0 bridgehead atoms. The predicted octanol–water partition coefficient (Wildman–Crippen LogP) is 3.31. The maximum absolute atomic E-state index is 13.2. The molecule has 0 aliphatic heterocycles. The second kappa shape index (κ2) is 6.72. The van der Waals surface area contributed by atoms with E-state index in [2.05, 4.69) is 0 Å². The van der Waals surface area contributed by atoms with Gasteiger partial charge in [-0.1, -0.05) is 18.2 Å². The summed E-state index contributed by atoms with van der Waals surface area (Å²) in [6.07, 6.45) is -1.34. The minimum absolute atomic E-state index is 0.0928. The van der Waals surface area contributed by atoms with Crippen molar-refractivity contribution in [3.8, 4) is 0 Å². The molecular formula is C16H15F3O3S. The van der Waals surface area contributed by atoms with E-state index in [1.54, 1.807) is 0 Å². The van der Waals surface area contributed by atoms with E-state index in [1.807, 2.05) is 0 Å². The molecule has 0 saturated heterocycles. The van der Waals surface area contributed by atoms with E-state index in [-0.39, 0.29) is 11.1 Å². The van der Waals surface area contributed by atoms with Crippen LogP contribution in [0.4, 0.5) is 13.2 Å². The van der Waals surface area contributed by atoms with Crippen LogP contribution in [0.3, 0.4) is 0 Å². The molecule has 7 heteroatoms. The highest BCUT2D eigenvalue weighted by atomic mass is 32.2. The highest BCUT2D eigenvalue weighted by molar-refractivity contribution is 7.91. The number of aliphatic hydroxyl groups excluding tert-OH is 1. The molecule has 0 saturated carbocycles. The zero-order valence-corrected chi connectivity index (χ0v) is 13.0. The van der Waals surface area contributed by atoms with Crippen LogP contribution in [0.5, 0.6) is 0 Å². The van der Waals surface area contributed by atoms with Crippen LogP contribution < -0.4 is 0 Å². The van der Waals surface area contributed by atoms with Gasteiger partial charge in [0.05, 0.1) is 17.1 Å². The van der Waals surface area contributed by atoms with Gasteiger partial charge in [-0.05, 0) is 42.3 Å². The molecule has 0 aromatic heterocycles. The fourth-order valence-electron chi connectivity index (χ4n) is 2.12. The van der Waals surface area contributed by atoms with Crippen LogP contribution in [0.1, 0.15) is 29.4 Å². The van der Waals surface area contributed by atoms with Crippen molar-refractivity contribution in [2.24, 2.45) is 0 Å². The molecule has 0 aliphatic rings. The Morgan fingerprint density at radius 3 is 2.09 bits per heavy atom. The van der Waals surface area contributed by atoms with Crippen molar-refractivity contribution in [1.29, 1.82) is 0 Å². The first-order valence-corrected chi connectivity index (χ1v) is 8.52. The first-order chi connectivity index (χ1) is 10.7. The average molecular weight is 344 g/mol. The van der Waals surface area contributed by atoms with Crippen LogP contribution in [0.25, 0.3) is 0 Å². The van der Waals surface area contributed by atoms with E-state index < -0.39 is 44.4 Å². The van der Waals surface area contributed by atoms with Gasteiger partial charge in [0.2, 0.25) is 0 Å². The third-order valence-electron chi connectivity index (χ3n) is 3.60. The Bertz CT molecular complexity index is 789. The SMILES string of the molecule is CC(c1ccc(F)c(F)c1)S(=O)(=O)CC(O)c1ccc(F)cc1. The normalized spacial score (nSPS) is 14.5. The highest BCUT2D eigenvalue weighted by Crippen LogP contribution is 2.27. The van der Waals surface area contributed by atoms with Crippen molar-refractivity contribution in [2.45, 2.75) is 18.3 Å². The van der Waals surface area contributed by atoms with Gasteiger partial charge in [0.15, 0.2) is 21.5 Å². The van der Waals surface area contributed by atoms with Crippen molar-refractivity contribution in [1.82, 2.24) is 0 Å². The summed E-state index contributed by atoms with van der Waals surface area (Å²) >= 11 is 0.